The van der Waals surface area contributed by atoms with Crippen molar-refractivity contribution in [3.8, 4) is 11.5 Å². The summed E-state index contributed by atoms with van der Waals surface area (Å²) in [7, 11) is 1.28. The lowest BCUT2D eigenvalue weighted by atomic mass is 10.2. The van der Waals surface area contributed by atoms with Gasteiger partial charge in [-0.25, -0.2) is 9.78 Å². The van der Waals surface area contributed by atoms with Crippen molar-refractivity contribution in [3.05, 3.63) is 47.1 Å². The number of rotatable bonds is 3. The molecule has 0 fully saturated rings. The van der Waals surface area contributed by atoms with Gasteiger partial charge in [-0.05, 0) is 24.3 Å². The Hall–Kier alpha value is -2.27. The van der Waals surface area contributed by atoms with Crippen LogP contribution in [-0.2, 0) is 4.74 Å². The number of anilines is 1. The molecule has 0 saturated carbocycles. The summed E-state index contributed by atoms with van der Waals surface area (Å²) in [6, 6.07) is 8.19. The van der Waals surface area contributed by atoms with Crippen LogP contribution in [0.25, 0.3) is 0 Å². The predicted octanol–water partition coefficient (Wildman–Crippen LogP) is 2.90. The molecule has 0 bridgehead atoms. The van der Waals surface area contributed by atoms with Crippen molar-refractivity contribution < 1.29 is 14.3 Å². The van der Waals surface area contributed by atoms with E-state index in [0.29, 0.717) is 10.8 Å². The van der Waals surface area contributed by atoms with Gasteiger partial charge in [0.25, 0.3) is 0 Å². The molecular weight excluding hydrogens is 268 g/mol. The van der Waals surface area contributed by atoms with Crippen molar-refractivity contribution in [2.45, 2.75) is 0 Å². The van der Waals surface area contributed by atoms with Gasteiger partial charge in [0, 0.05) is 5.02 Å². The lowest BCUT2D eigenvalue weighted by Crippen LogP contribution is -2.05. The summed E-state index contributed by atoms with van der Waals surface area (Å²) in [6.07, 6.45) is 1.36. The summed E-state index contributed by atoms with van der Waals surface area (Å²) in [4.78, 5) is 15.5. The van der Waals surface area contributed by atoms with Gasteiger partial charge in [-0.3, -0.25) is 0 Å². The zero-order valence-corrected chi connectivity index (χ0v) is 10.8. The van der Waals surface area contributed by atoms with Crippen molar-refractivity contribution in [1.29, 1.82) is 0 Å². The molecule has 0 aliphatic rings. The predicted molar refractivity (Wildman–Crippen MR) is 71.5 cm³/mol. The van der Waals surface area contributed by atoms with Crippen molar-refractivity contribution >= 4 is 23.4 Å². The summed E-state index contributed by atoms with van der Waals surface area (Å²) in [5.74, 6) is 0.400. The van der Waals surface area contributed by atoms with Gasteiger partial charge in [0.05, 0.1) is 13.3 Å². The van der Waals surface area contributed by atoms with Crippen molar-refractivity contribution in [2.24, 2.45) is 0 Å². The van der Waals surface area contributed by atoms with E-state index in [-0.39, 0.29) is 17.1 Å². The number of esters is 1. The second kappa shape index (κ2) is 5.58. The number of nitrogens with zero attached hydrogens (tertiary/aromatic N) is 1. The van der Waals surface area contributed by atoms with E-state index in [4.69, 9.17) is 22.1 Å². The molecular formula is C13H11ClN2O3. The highest BCUT2D eigenvalue weighted by Gasteiger charge is 2.15. The number of halogens is 1. The fourth-order valence-electron chi connectivity index (χ4n) is 1.47. The molecule has 0 atom stereocenters. The van der Waals surface area contributed by atoms with E-state index in [1.807, 2.05) is 0 Å². The number of methoxy groups -OCH3 is 1. The van der Waals surface area contributed by atoms with Gasteiger partial charge in [0.1, 0.15) is 17.1 Å². The summed E-state index contributed by atoms with van der Waals surface area (Å²) < 4.78 is 10.2. The minimum Gasteiger partial charge on any atom is -0.465 e. The molecule has 0 aliphatic heterocycles. The van der Waals surface area contributed by atoms with Crippen LogP contribution < -0.4 is 10.5 Å². The smallest absolute Gasteiger partial charge is 0.341 e. The van der Waals surface area contributed by atoms with Crippen LogP contribution in [-0.4, -0.2) is 18.1 Å². The van der Waals surface area contributed by atoms with Crippen LogP contribution in [0.2, 0.25) is 5.02 Å². The van der Waals surface area contributed by atoms with E-state index in [1.165, 1.54) is 19.4 Å². The Bertz CT molecular complexity index is 617. The first-order valence-electron chi connectivity index (χ1n) is 5.37. The number of hydrogen-bond donors (Lipinski definition) is 1. The average Bonchev–Trinajstić information content (AvgIpc) is 2.40. The largest absolute Gasteiger partial charge is 0.465 e. The number of pyridine rings is 1. The average molecular weight is 279 g/mol. The fraction of sp³-hybridized carbons (Fsp3) is 0.0769. The number of carbonyl (C=O) groups excluding carboxylic acids is 1. The molecule has 19 heavy (non-hydrogen) atoms. The molecule has 6 heteroatoms. The fourth-order valence-corrected chi connectivity index (χ4v) is 1.65. The topological polar surface area (TPSA) is 74.4 Å². The van der Waals surface area contributed by atoms with Gasteiger partial charge in [0.15, 0.2) is 5.75 Å². The van der Waals surface area contributed by atoms with Gasteiger partial charge in [-0.2, -0.15) is 0 Å². The van der Waals surface area contributed by atoms with Crippen LogP contribution in [0.15, 0.2) is 36.5 Å². The van der Waals surface area contributed by atoms with Gasteiger partial charge in [-0.15, -0.1) is 0 Å². The highest BCUT2D eigenvalue weighted by atomic mass is 35.5. The number of nitrogens with two attached hydrogens (primary N) is 1. The number of ether oxygens (including phenoxy) is 2. The minimum atomic E-state index is -0.550. The van der Waals surface area contributed by atoms with Crippen LogP contribution >= 0.6 is 11.6 Å². The quantitative estimate of drug-likeness (QED) is 0.874. The van der Waals surface area contributed by atoms with Crippen molar-refractivity contribution in [2.75, 3.05) is 12.8 Å². The molecule has 2 N–H and O–H groups in total. The van der Waals surface area contributed by atoms with Gasteiger partial charge in [0.2, 0.25) is 0 Å². The van der Waals surface area contributed by atoms with Crippen LogP contribution in [0.1, 0.15) is 10.4 Å². The Balaban J connectivity index is 2.37. The molecule has 2 rings (SSSR count). The maximum atomic E-state index is 11.6. The van der Waals surface area contributed by atoms with Crippen LogP contribution in [0.4, 0.5) is 5.82 Å². The Kier molecular flexibility index (Phi) is 3.87. The summed E-state index contributed by atoms with van der Waals surface area (Å²) in [5, 5.41) is 0.528. The van der Waals surface area contributed by atoms with Gasteiger partial charge >= 0.3 is 5.97 Å². The Morgan fingerprint density at radius 2 is 2.16 bits per heavy atom. The van der Waals surface area contributed by atoms with Crippen molar-refractivity contribution in [1.82, 2.24) is 4.98 Å². The van der Waals surface area contributed by atoms with E-state index in [0.717, 1.165) is 0 Å². The Morgan fingerprint density at radius 3 is 2.84 bits per heavy atom. The minimum absolute atomic E-state index is 0.204. The molecule has 0 aliphatic carbocycles. The maximum absolute atomic E-state index is 11.6. The second-order valence-corrected chi connectivity index (χ2v) is 4.09. The first-order valence-corrected chi connectivity index (χ1v) is 5.75. The van der Waals surface area contributed by atoms with Crippen LogP contribution in [0, 0.1) is 0 Å². The second-order valence-electron chi connectivity index (χ2n) is 3.66. The molecule has 1 heterocycles. The van der Waals surface area contributed by atoms with Gasteiger partial charge < -0.3 is 15.2 Å². The van der Waals surface area contributed by atoms with Crippen LogP contribution in [0.3, 0.4) is 0 Å². The third kappa shape index (κ3) is 3.14. The molecule has 0 unspecified atom stereocenters. The van der Waals surface area contributed by atoms with Crippen molar-refractivity contribution in [3.63, 3.8) is 0 Å². The zero-order valence-electron chi connectivity index (χ0n) is 10.1. The zero-order chi connectivity index (χ0) is 13.8. The number of nitrogen functional groups attached to an aromatic ring is 1. The lowest BCUT2D eigenvalue weighted by Gasteiger charge is -2.10. The van der Waals surface area contributed by atoms with E-state index in [9.17, 15) is 4.79 Å². The number of carbonyl (C=O) groups is 1. The molecule has 2 aromatic rings. The summed E-state index contributed by atoms with van der Waals surface area (Å²) in [5.41, 5.74) is 5.75. The molecule has 1 aromatic heterocycles. The van der Waals surface area contributed by atoms with E-state index >= 15 is 0 Å². The summed E-state index contributed by atoms with van der Waals surface area (Å²) in [6.45, 7) is 0. The molecule has 1 aromatic carbocycles. The standard InChI is InChI=1S/C13H11ClN2O3/c1-18-13(17)10-6-12(15)16-7-11(10)19-9-4-2-3-8(14)5-9/h2-7H,1H3,(H2,15,16). The highest BCUT2D eigenvalue weighted by molar-refractivity contribution is 6.30. The molecule has 98 valence electrons. The molecule has 5 nitrogen and oxygen atoms in total. The number of benzene rings is 1. The van der Waals surface area contributed by atoms with Gasteiger partial charge in [-0.1, -0.05) is 17.7 Å². The monoisotopic (exact) mass is 278 g/mol. The molecule has 0 spiro atoms. The molecule has 0 saturated heterocycles. The maximum Gasteiger partial charge on any atom is 0.341 e. The van der Waals surface area contributed by atoms with Crippen LogP contribution in [0.5, 0.6) is 11.5 Å². The van der Waals surface area contributed by atoms with E-state index < -0.39 is 5.97 Å². The third-order valence-electron chi connectivity index (χ3n) is 2.32. The Morgan fingerprint density at radius 1 is 1.37 bits per heavy atom. The first kappa shape index (κ1) is 13.2. The number of aromatic nitrogens is 1. The summed E-state index contributed by atoms with van der Waals surface area (Å²) >= 11 is 5.86. The normalized spacial score (nSPS) is 10.0. The third-order valence-corrected chi connectivity index (χ3v) is 2.55. The van der Waals surface area contributed by atoms with E-state index in [2.05, 4.69) is 9.72 Å². The number of hydrogen-bond acceptors (Lipinski definition) is 5. The Labute approximate surface area is 114 Å². The SMILES string of the molecule is COC(=O)c1cc(N)ncc1Oc1cccc(Cl)c1. The molecule has 0 radical (unpaired) electrons. The first-order chi connectivity index (χ1) is 9.10. The molecule has 0 amide bonds. The highest BCUT2D eigenvalue weighted by Crippen LogP contribution is 2.27. The lowest BCUT2D eigenvalue weighted by molar-refractivity contribution is 0.0598. The van der Waals surface area contributed by atoms with E-state index in [1.54, 1.807) is 24.3 Å².